The molecule has 0 saturated heterocycles. The minimum atomic E-state index is -1.55. The Bertz CT molecular complexity index is 380. The lowest BCUT2D eigenvalue weighted by molar-refractivity contribution is 0.0224. The van der Waals surface area contributed by atoms with Crippen molar-refractivity contribution in [2.75, 3.05) is 0 Å². The Balaban J connectivity index is 2.23. The van der Waals surface area contributed by atoms with Crippen molar-refractivity contribution in [1.82, 2.24) is 0 Å². The van der Waals surface area contributed by atoms with Crippen molar-refractivity contribution in [3.05, 3.63) is 11.6 Å². The van der Waals surface area contributed by atoms with Crippen LogP contribution in [0.15, 0.2) is 11.6 Å². The van der Waals surface area contributed by atoms with Crippen LogP contribution in [0.2, 0.25) is 18.1 Å². The van der Waals surface area contributed by atoms with Gasteiger partial charge in [0.15, 0.2) is 8.32 Å². The summed E-state index contributed by atoms with van der Waals surface area (Å²) in [5, 5.41) is 10.5. The first-order valence-corrected chi connectivity index (χ1v) is 11.5. The van der Waals surface area contributed by atoms with Gasteiger partial charge in [-0.2, -0.15) is 0 Å². The lowest BCUT2D eigenvalue weighted by atomic mass is 9.66. The van der Waals surface area contributed by atoms with Gasteiger partial charge in [0.05, 0.1) is 6.10 Å². The number of aliphatic hydroxyl groups is 1. The van der Waals surface area contributed by atoms with E-state index in [2.05, 4.69) is 40.7 Å². The molecule has 3 heteroatoms. The Morgan fingerprint density at radius 2 is 1.90 bits per heavy atom. The van der Waals surface area contributed by atoms with Crippen molar-refractivity contribution in [2.24, 2.45) is 11.3 Å². The summed E-state index contributed by atoms with van der Waals surface area (Å²) >= 11 is 0. The molecule has 122 valence electrons. The van der Waals surface area contributed by atoms with Gasteiger partial charge in [-0.25, -0.2) is 0 Å². The second kappa shape index (κ2) is 6.55. The van der Waals surface area contributed by atoms with Crippen molar-refractivity contribution >= 4 is 8.32 Å². The highest BCUT2D eigenvalue weighted by Gasteiger charge is 2.53. The first-order chi connectivity index (χ1) is 9.96. The Morgan fingerprint density at radius 1 is 1.29 bits per heavy atom. The zero-order valence-electron chi connectivity index (χ0n) is 14.6. The Morgan fingerprint density at radius 3 is 2.43 bits per heavy atom. The van der Waals surface area contributed by atoms with Crippen LogP contribution in [0.3, 0.4) is 0 Å². The summed E-state index contributed by atoms with van der Waals surface area (Å²) in [4.78, 5) is 0. The Labute approximate surface area is 132 Å². The topological polar surface area (TPSA) is 29.5 Å². The van der Waals surface area contributed by atoms with Crippen LogP contribution in [0.5, 0.6) is 0 Å². The fourth-order valence-corrected chi connectivity index (χ4v) is 7.89. The van der Waals surface area contributed by atoms with E-state index in [0.29, 0.717) is 12.0 Å². The summed E-state index contributed by atoms with van der Waals surface area (Å²) in [6.07, 6.45) is 6.85. The van der Waals surface area contributed by atoms with E-state index in [-0.39, 0.29) is 11.5 Å². The largest absolute Gasteiger partial charge is 0.414 e. The van der Waals surface area contributed by atoms with Crippen LogP contribution in [0.4, 0.5) is 0 Å². The molecule has 1 N–H and O–H groups in total. The van der Waals surface area contributed by atoms with Gasteiger partial charge in [0, 0.05) is 6.10 Å². The molecule has 2 nitrogen and oxygen atoms in total. The number of hydrogen-bond donors (Lipinski definition) is 1. The van der Waals surface area contributed by atoms with Gasteiger partial charge in [-0.3, -0.25) is 0 Å². The van der Waals surface area contributed by atoms with Crippen molar-refractivity contribution < 1.29 is 9.53 Å². The molecule has 0 aromatic heterocycles. The molecular weight excluding hydrogens is 276 g/mol. The maximum Gasteiger partial charge on any atom is 0.192 e. The molecule has 2 saturated carbocycles. The molecule has 4 atom stereocenters. The number of hydrogen-bond acceptors (Lipinski definition) is 2. The quantitative estimate of drug-likeness (QED) is 0.578. The van der Waals surface area contributed by atoms with Gasteiger partial charge in [0.1, 0.15) is 0 Å². The van der Waals surface area contributed by atoms with Crippen molar-refractivity contribution in [3.63, 3.8) is 0 Å². The second-order valence-electron chi connectivity index (χ2n) is 7.31. The predicted molar refractivity (Wildman–Crippen MR) is 91.9 cm³/mol. The fourth-order valence-electron chi connectivity index (χ4n) is 4.97. The summed E-state index contributed by atoms with van der Waals surface area (Å²) in [7, 11) is -1.55. The summed E-state index contributed by atoms with van der Waals surface area (Å²) in [5.74, 6) is 0.518. The zero-order chi connectivity index (χ0) is 15.7. The summed E-state index contributed by atoms with van der Waals surface area (Å²) < 4.78 is 6.85. The lowest BCUT2D eigenvalue weighted by Crippen LogP contribution is -2.47. The molecule has 0 radical (unpaired) electrons. The van der Waals surface area contributed by atoms with Gasteiger partial charge in [0.25, 0.3) is 0 Å². The minimum Gasteiger partial charge on any atom is -0.414 e. The third-order valence-corrected chi connectivity index (χ3v) is 11.3. The molecule has 0 aliphatic heterocycles. The van der Waals surface area contributed by atoms with E-state index in [9.17, 15) is 5.11 Å². The number of fused-ring (bicyclic) bond motifs is 1. The molecule has 0 aromatic carbocycles. The van der Waals surface area contributed by atoms with Crippen molar-refractivity contribution in [2.45, 2.75) is 90.6 Å². The van der Waals surface area contributed by atoms with Gasteiger partial charge in [-0.05, 0) is 61.2 Å². The van der Waals surface area contributed by atoms with Gasteiger partial charge in [-0.1, -0.05) is 40.2 Å². The van der Waals surface area contributed by atoms with Crippen LogP contribution < -0.4 is 0 Å². The average Bonchev–Trinajstić information content (AvgIpc) is 2.75. The molecule has 2 aliphatic rings. The predicted octanol–water partition coefficient (Wildman–Crippen LogP) is 4.89. The van der Waals surface area contributed by atoms with Gasteiger partial charge in [0.2, 0.25) is 0 Å². The summed E-state index contributed by atoms with van der Waals surface area (Å²) in [6, 6.07) is 3.66. The summed E-state index contributed by atoms with van der Waals surface area (Å²) in [6.45, 7) is 11.4. The van der Waals surface area contributed by atoms with E-state index in [4.69, 9.17) is 4.43 Å². The zero-order valence-corrected chi connectivity index (χ0v) is 15.6. The molecule has 0 unspecified atom stereocenters. The van der Waals surface area contributed by atoms with Crippen LogP contribution in [0.25, 0.3) is 0 Å². The number of rotatable bonds is 5. The standard InChI is InChI=1S/C18H34O2Si/c1-6-14-16(19)13-15-17(11-10-12-18(14,15)5)20-21(7-2,8-3)9-4/h6,15-17,19H,7-13H2,1-5H3/b14-6-/t15-,16+,17-,18+/m0/s1. The fraction of sp³-hybridized carbons (Fsp3) is 0.889. The molecule has 2 rings (SSSR count). The van der Waals surface area contributed by atoms with Crippen LogP contribution in [0, 0.1) is 11.3 Å². The van der Waals surface area contributed by atoms with Gasteiger partial charge >= 0.3 is 0 Å². The van der Waals surface area contributed by atoms with Gasteiger partial charge < -0.3 is 9.53 Å². The first kappa shape index (κ1) is 17.2. The highest BCUT2D eigenvalue weighted by molar-refractivity contribution is 6.73. The number of allylic oxidation sites excluding steroid dienone is 1. The van der Waals surface area contributed by atoms with Crippen molar-refractivity contribution in [3.8, 4) is 0 Å². The molecule has 0 bridgehead atoms. The summed E-state index contributed by atoms with van der Waals surface area (Å²) in [5.41, 5.74) is 1.45. The molecule has 0 heterocycles. The minimum absolute atomic E-state index is 0.173. The first-order valence-electron chi connectivity index (χ1n) is 8.99. The van der Waals surface area contributed by atoms with Crippen LogP contribution in [0.1, 0.15) is 60.3 Å². The molecule has 21 heavy (non-hydrogen) atoms. The van der Waals surface area contributed by atoms with E-state index >= 15 is 0 Å². The molecule has 0 aromatic rings. The van der Waals surface area contributed by atoms with Crippen LogP contribution in [-0.2, 0) is 4.43 Å². The van der Waals surface area contributed by atoms with E-state index < -0.39 is 8.32 Å². The Hall–Kier alpha value is -0.123. The van der Waals surface area contributed by atoms with E-state index in [1.807, 2.05) is 0 Å². The van der Waals surface area contributed by atoms with Crippen molar-refractivity contribution in [1.29, 1.82) is 0 Å². The van der Waals surface area contributed by atoms with E-state index in [1.165, 1.54) is 43.0 Å². The smallest absolute Gasteiger partial charge is 0.192 e. The Kier molecular flexibility index (Phi) is 5.38. The lowest BCUT2D eigenvalue weighted by Gasteiger charge is -2.45. The maximum atomic E-state index is 10.5. The molecular formula is C18H34O2Si. The molecule has 2 fully saturated rings. The molecule has 2 aliphatic carbocycles. The molecule has 0 amide bonds. The highest BCUT2D eigenvalue weighted by atomic mass is 28.4. The SMILES string of the molecule is C/C=C1/[C@H](O)C[C@H]2[C@@H](O[Si](CC)(CC)CC)CCC[C@]12C. The normalized spacial score (nSPS) is 38.8. The molecule has 0 spiro atoms. The van der Waals surface area contributed by atoms with E-state index in [0.717, 1.165) is 6.42 Å². The third-order valence-electron chi connectivity index (χ3n) is 6.59. The van der Waals surface area contributed by atoms with Crippen LogP contribution in [-0.4, -0.2) is 25.6 Å². The van der Waals surface area contributed by atoms with Gasteiger partial charge in [-0.15, -0.1) is 0 Å². The monoisotopic (exact) mass is 310 g/mol. The maximum absolute atomic E-state index is 10.5. The van der Waals surface area contributed by atoms with Crippen LogP contribution >= 0.6 is 0 Å². The highest BCUT2D eigenvalue weighted by Crippen LogP contribution is 2.56. The van der Waals surface area contributed by atoms with E-state index in [1.54, 1.807) is 0 Å². The second-order valence-corrected chi connectivity index (χ2v) is 12.0. The third kappa shape index (κ3) is 2.89. The average molecular weight is 311 g/mol. The number of aliphatic hydroxyl groups excluding tert-OH is 1.